The molecule has 1 heterocycles. The summed E-state index contributed by atoms with van der Waals surface area (Å²) in [5.74, 6) is 6.36. The minimum absolute atomic E-state index is 0.0659. The van der Waals surface area contributed by atoms with E-state index in [4.69, 9.17) is 15.0 Å². The Balaban J connectivity index is 2.69. The number of ether oxygens (including phenoxy) is 1. The summed E-state index contributed by atoms with van der Waals surface area (Å²) in [6.45, 7) is 4.80. The minimum Gasteiger partial charge on any atom is -0.468 e. The average molecular weight is 212 g/mol. The largest absolute Gasteiger partial charge is 0.468 e. The molecule has 86 valence electrons. The van der Waals surface area contributed by atoms with E-state index in [9.17, 15) is 0 Å². The molecule has 0 saturated carbocycles. The van der Waals surface area contributed by atoms with Crippen LogP contribution in [0, 0.1) is 0 Å². The van der Waals surface area contributed by atoms with Crippen LogP contribution in [0.3, 0.4) is 0 Å². The van der Waals surface area contributed by atoms with Gasteiger partial charge in [0.1, 0.15) is 11.8 Å². The Labute approximate surface area is 90.8 Å². The second-order valence-electron chi connectivity index (χ2n) is 3.44. The summed E-state index contributed by atoms with van der Waals surface area (Å²) >= 11 is 0. The standard InChI is InChI=1S/C11H20N2O2/c1-3-6-9(14-4-2)11(13-12)10-7-5-8-15-10/h5,7-9,11,13H,3-4,6,12H2,1-2H3. The summed E-state index contributed by atoms with van der Waals surface area (Å²) in [4.78, 5) is 0. The Morgan fingerprint density at radius 1 is 1.53 bits per heavy atom. The summed E-state index contributed by atoms with van der Waals surface area (Å²) in [6.07, 6.45) is 3.73. The smallest absolute Gasteiger partial charge is 0.124 e. The topological polar surface area (TPSA) is 60.4 Å². The highest BCUT2D eigenvalue weighted by Gasteiger charge is 2.23. The average Bonchev–Trinajstić information content (AvgIpc) is 2.73. The second kappa shape index (κ2) is 6.61. The molecule has 4 heteroatoms. The van der Waals surface area contributed by atoms with Crippen LogP contribution >= 0.6 is 0 Å². The fourth-order valence-electron chi connectivity index (χ4n) is 1.69. The van der Waals surface area contributed by atoms with Crippen LogP contribution in [-0.4, -0.2) is 12.7 Å². The third-order valence-corrected chi connectivity index (χ3v) is 2.35. The van der Waals surface area contributed by atoms with Crippen LogP contribution in [0.2, 0.25) is 0 Å². The van der Waals surface area contributed by atoms with E-state index in [2.05, 4.69) is 12.3 Å². The monoisotopic (exact) mass is 212 g/mol. The number of hydrogen-bond acceptors (Lipinski definition) is 4. The van der Waals surface area contributed by atoms with E-state index in [1.165, 1.54) is 0 Å². The van der Waals surface area contributed by atoms with Gasteiger partial charge in [-0.2, -0.15) is 0 Å². The van der Waals surface area contributed by atoms with E-state index in [-0.39, 0.29) is 12.1 Å². The molecule has 0 saturated heterocycles. The summed E-state index contributed by atoms with van der Waals surface area (Å²) < 4.78 is 11.0. The van der Waals surface area contributed by atoms with Crippen molar-refractivity contribution < 1.29 is 9.15 Å². The van der Waals surface area contributed by atoms with E-state index in [1.807, 2.05) is 19.1 Å². The lowest BCUT2D eigenvalue weighted by Gasteiger charge is -2.24. The van der Waals surface area contributed by atoms with Gasteiger partial charge < -0.3 is 9.15 Å². The zero-order valence-electron chi connectivity index (χ0n) is 9.40. The molecule has 1 rings (SSSR count). The zero-order valence-corrected chi connectivity index (χ0v) is 9.40. The van der Waals surface area contributed by atoms with Gasteiger partial charge >= 0.3 is 0 Å². The van der Waals surface area contributed by atoms with Crippen molar-refractivity contribution in [3.05, 3.63) is 24.2 Å². The van der Waals surface area contributed by atoms with Crippen molar-refractivity contribution in [2.45, 2.75) is 38.8 Å². The molecule has 0 aromatic carbocycles. The summed E-state index contributed by atoms with van der Waals surface area (Å²) in [5, 5.41) is 0. The summed E-state index contributed by atoms with van der Waals surface area (Å²) in [5.41, 5.74) is 2.76. The molecule has 1 aromatic rings. The lowest BCUT2D eigenvalue weighted by Crippen LogP contribution is -2.37. The van der Waals surface area contributed by atoms with Gasteiger partial charge in [-0.25, -0.2) is 5.43 Å². The van der Waals surface area contributed by atoms with Gasteiger partial charge in [-0.05, 0) is 25.5 Å². The van der Waals surface area contributed by atoms with Crippen molar-refractivity contribution in [1.29, 1.82) is 0 Å². The molecule has 0 fully saturated rings. The summed E-state index contributed by atoms with van der Waals surface area (Å²) in [7, 11) is 0. The number of furan rings is 1. The van der Waals surface area contributed by atoms with Crippen LogP contribution in [0.5, 0.6) is 0 Å². The Kier molecular flexibility index (Phi) is 5.39. The normalized spacial score (nSPS) is 15.1. The number of hydrazine groups is 1. The molecule has 0 bridgehead atoms. The molecule has 15 heavy (non-hydrogen) atoms. The van der Waals surface area contributed by atoms with E-state index in [1.54, 1.807) is 6.26 Å². The van der Waals surface area contributed by atoms with Crippen molar-refractivity contribution in [3.63, 3.8) is 0 Å². The van der Waals surface area contributed by atoms with E-state index in [0.29, 0.717) is 6.61 Å². The SMILES string of the molecule is CCCC(OCC)C(NN)c1ccco1. The van der Waals surface area contributed by atoms with Crippen molar-refractivity contribution in [1.82, 2.24) is 5.43 Å². The fraction of sp³-hybridized carbons (Fsp3) is 0.636. The van der Waals surface area contributed by atoms with Crippen LogP contribution in [-0.2, 0) is 4.74 Å². The Morgan fingerprint density at radius 3 is 2.80 bits per heavy atom. The van der Waals surface area contributed by atoms with Gasteiger partial charge in [-0.15, -0.1) is 0 Å². The predicted molar refractivity (Wildman–Crippen MR) is 59.1 cm³/mol. The maximum atomic E-state index is 5.66. The molecule has 0 radical (unpaired) electrons. The first kappa shape index (κ1) is 12.2. The first-order chi connectivity index (χ1) is 7.33. The maximum Gasteiger partial charge on any atom is 0.124 e. The minimum atomic E-state index is -0.0695. The lowest BCUT2D eigenvalue weighted by molar-refractivity contribution is 0.0221. The molecular weight excluding hydrogens is 192 g/mol. The highest BCUT2D eigenvalue weighted by molar-refractivity contribution is 5.06. The number of hydrogen-bond donors (Lipinski definition) is 2. The quantitative estimate of drug-likeness (QED) is 0.536. The van der Waals surface area contributed by atoms with Gasteiger partial charge in [0.05, 0.1) is 12.4 Å². The number of rotatable bonds is 7. The van der Waals surface area contributed by atoms with Crippen LogP contribution in [0.15, 0.2) is 22.8 Å². The van der Waals surface area contributed by atoms with Crippen LogP contribution in [0.4, 0.5) is 0 Å². The van der Waals surface area contributed by atoms with Crippen LogP contribution in [0.1, 0.15) is 38.5 Å². The van der Waals surface area contributed by atoms with Crippen molar-refractivity contribution in [2.24, 2.45) is 5.84 Å². The van der Waals surface area contributed by atoms with Gasteiger partial charge in [-0.3, -0.25) is 5.84 Å². The van der Waals surface area contributed by atoms with E-state index < -0.39 is 0 Å². The molecule has 4 nitrogen and oxygen atoms in total. The third-order valence-electron chi connectivity index (χ3n) is 2.35. The molecule has 2 atom stereocenters. The molecule has 1 aromatic heterocycles. The number of nitrogens with one attached hydrogen (secondary N) is 1. The van der Waals surface area contributed by atoms with Crippen molar-refractivity contribution >= 4 is 0 Å². The molecular formula is C11H20N2O2. The molecule has 0 aliphatic rings. The van der Waals surface area contributed by atoms with Gasteiger partial charge in [0.2, 0.25) is 0 Å². The maximum absolute atomic E-state index is 5.66. The van der Waals surface area contributed by atoms with Gasteiger partial charge in [0.15, 0.2) is 0 Å². The van der Waals surface area contributed by atoms with Gasteiger partial charge in [-0.1, -0.05) is 13.3 Å². The molecule has 0 spiro atoms. The number of nitrogens with two attached hydrogens (primary N) is 1. The first-order valence-corrected chi connectivity index (χ1v) is 5.44. The third kappa shape index (κ3) is 3.34. The Hall–Kier alpha value is -0.840. The van der Waals surface area contributed by atoms with Gasteiger partial charge in [0.25, 0.3) is 0 Å². The van der Waals surface area contributed by atoms with Crippen molar-refractivity contribution in [3.8, 4) is 0 Å². The molecule has 0 amide bonds. The highest BCUT2D eigenvalue weighted by Crippen LogP contribution is 2.22. The molecule has 0 aliphatic carbocycles. The highest BCUT2D eigenvalue weighted by atomic mass is 16.5. The lowest BCUT2D eigenvalue weighted by atomic mass is 10.0. The van der Waals surface area contributed by atoms with Crippen LogP contribution < -0.4 is 11.3 Å². The van der Waals surface area contributed by atoms with Gasteiger partial charge in [0, 0.05) is 6.61 Å². The zero-order chi connectivity index (χ0) is 11.1. The first-order valence-electron chi connectivity index (χ1n) is 5.44. The fourth-order valence-corrected chi connectivity index (χ4v) is 1.69. The van der Waals surface area contributed by atoms with Crippen molar-refractivity contribution in [2.75, 3.05) is 6.61 Å². The van der Waals surface area contributed by atoms with Crippen LogP contribution in [0.25, 0.3) is 0 Å². The Morgan fingerprint density at radius 2 is 2.33 bits per heavy atom. The molecule has 2 unspecified atom stereocenters. The molecule has 0 aliphatic heterocycles. The van der Waals surface area contributed by atoms with E-state index >= 15 is 0 Å². The predicted octanol–water partition coefficient (Wildman–Crippen LogP) is 1.99. The van der Waals surface area contributed by atoms with E-state index in [0.717, 1.165) is 18.6 Å². The Bertz CT molecular complexity index is 243. The second-order valence-corrected chi connectivity index (χ2v) is 3.44. The molecule has 3 N–H and O–H groups in total. The summed E-state index contributed by atoms with van der Waals surface area (Å²) in [6, 6.07) is 3.70.